The number of alkyl halides is 3. The maximum absolute atomic E-state index is 12.7. The molecule has 1 N–H and O–H groups in total. The Balaban J connectivity index is 2.18. The van der Waals surface area contributed by atoms with Crippen LogP contribution < -0.4 is 0 Å². The Labute approximate surface area is 114 Å². The molecule has 0 aliphatic heterocycles. The second kappa shape index (κ2) is 4.30. The Hall–Kier alpha value is -2.91. The quantitative estimate of drug-likeness (QED) is 0.777. The van der Waals surface area contributed by atoms with Crippen LogP contribution in [-0.2, 0) is 6.18 Å². The molecule has 0 spiro atoms. The summed E-state index contributed by atoms with van der Waals surface area (Å²) in [6.07, 6.45) is 0.159. The molecule has 7 nitrogen and oxygen atoms in total. The molecule has 0 aliphatic rings. The van der Waals surface area contributed by atoms with Gasteiger partial charge in [0.15, 0.2) is 11.5 Å². The second-order valence-electron chi connectivity index (χ2n) is 4.09. The number of nitrogens with zero attached hydrogens (tertiary/aromatic N) is 5. The van der Waals surface area contributed by atoms with Gasteiger partial charge >= 0.3 is 12.1 Å². The van der Waals surface area contributed by atoms with Gasteiger partial charge in [-0.2, -0.15) is 23.4 Å². The fraction of sp³-hybridized carbons (Fsp3) is 0.0909. The first-order chi connectivity index (χ1) is 9.86. The maximum atomic E-state index is 12.7. The summed E-state index contributed by atoms with van der Waals surface area (Å²) in [4.78, 5) is 14.7. The zero-order valence-corrected chi connectivity index (χ0v) is 10.1. The molecule has 0 aromatic carbocycles. The summed E-state index contributed by atoms with van der Waals surface area (Å²) in [5, 5.41) is 16.0. The molecule has 0 amide bonds. The standard InChI is InChI=1S/C11H6F3N5O2/c12-11(13,14)8-3-7-9(15-1-2-18(7)17-8)19-5-6(4-16-19)10(20)21/h1-5H,(H,20,21). The summed E-state index contributed by atoms with van der Waals surface area (Å²) in [5.74, 6) is -1.15. The van der Waals surface area contributed by atoms with Gasteiger partial charge in [-0.3, -0.25) is 0 Å². The molecule has 0 saturated carbocycles. The number of carboxylic acid groups (broad SMARTS) is 1. The third-order valence-corrected chi connectivity index (χ3v) is 2.71. The smallest absolute Gasteiger partial charge is 0.435 e. The predicted molar refractivity (Wildman–Crippen MR) is 62.1 cm³/mol. The molecular formula is C11H6F3N5O2. The third-order valence-electron chi connectivity index (χ3n) is 2.71. The lowest BCUT2D eigenvalue weighted by Gasteiger charge is -2.01. The largest absolute Gasteiger partial charge is 0.478 e. The number of fused-ring (bicyclic) bond motifs is 1. The van der Waals surface area contributed by atoms with Crippen molar-refractivity contribution in [3.63, 3.8) is 0 Å². The van der Waals surface area contributed by atoms with E-state index in [1.807, 2.05) is 0 Å². The Morgan fingerprint density at radius 3 is 2.71 bits per heavy atom. The van der Waals surface area contributed by atoms with Gasteiger partial charge in [-0.25, -0.2) is 19.0 Å². The molecule has 3 aromatic rings. The molecule has 0 aliphatic carbocycles. The van der Waals surface area contributed by atoms with Crippen LogP contribution in [0.2, 0.25) is 0 Å². The van der Waals surface area contributed by atoms with Gasteiger partial charge in [0.05, 0.1) is 11.8 Å². The van der Waals surface area contributed by atoms with Crippen molar-refractivity contribution in [1.82, 2.24) is 24.4 Å². The van der Waals surface area contributed by atoms with Crippen molar-refractivity contribution in [2.24, 2.45) is 0 Å². The van der Waals surface area contributed by atoms with Gasteiger partial charge in [0.1, 0.15) is 5.52 Å². The zero-order valence-electron chi connectivity index (χ0n) is 10.1. The summed E-state index contributed by atoms with van der Waals surface area (Å²) >= 11 is 0. The van der Waals surface area contributed by atoms with Crippen LogP contribution >= 0.6 is 0 Å². The van der Waals surface area contributed by atoms with Crippen LogP contribution in [0.4, 0.5) is 13.2 Å². The average Bonchev–Trinajstić information content (AvgIpc) is 3.04. The molecule has 10 heteroatoms. The number of carbonyl (C=O) groups is 1. The van der Waals surface area contributed by atoms with Crippen LogP contribution in [0.5, 0.6) is 0 Å². The Bertz CT molecular complexity index is 836. The molecule has 0 radical (unpaired) electrons. The van der Waals surface area contributed by atoms with Crippen LogP contribution in [0.3, 0.4) is 0 Å². The SMILES string of the molecule is O=C(O)c1cnn(-c2nccn3nc(C(F)(F)F)cc23)c1. The van der Waals surface area contributed by atoms with Crippen molar-refractivity contribution < 1.29 is 23.1 Å². The first kappa shape index (κ1) is 13.1. The molecule has 0 fully saturated rings. The van der Waals surface area contributed by atoms with Gasteiger partial charge in [-0.1, -0.05) is 0 Å². The Morgan fingerprint density at radius 1 is 1.33 bits per heavy atom. The van der Waals surface area contributed by atoms with Gasteiger partial charge in [0.2, 0.25) is 0 Å². The lowest BCUT2D eigenvalue weighted by atomic mass is 10.3. The monoisotopic (exact) mass is 297 g/mol. The van der Waals surface area contributed by atoms with E-state index < -0.39 is 17.8 Å². The van der Waals surface area contributed by atoms with Crippen molar-refractivity contribution >= 4 is 11.5 Å². The molecule has 21 heavy (non-hydrogen) atoms. The summed E-state index contributed by atoms with van der Waals surface area (Å²) in [6.45, 7) is 0. The Morgan fingerprint density at radius 2 is 2.10 bits per heavy atom. The highest BCUT2D eigenvalue weighted by atomic mass is 19.4. The number of hydrogen-bond acceptors (Lipinski definition) is 4. The van der Waals surface area contributed by atoms with Gasteiger partial charge in [-0.05, 0) is 0 Å². The van der Waals surface area contributed by atoms with Crippen LogP contribution in [0.25, 0.3) is 11.3 Å². The third kappa shape index (κ3) is 2.20. The highest BCUT2D eigenvalue weighted by molar-refractivity contribution is 5.87. The lowest BCUT2D eigenvalue weighted by Crippen LogP contribution is -2.05. The van der Waals surface area contributed by atoms with Crippen LogP contribution in [0.1, 0.15) is 16.1 Å². The molecule has 3 rings (SSSR count). The van der Waals surface area contributed by atoms with Gasteiger partial charge < -0.3 is 5.11 Å². The van der Waals surface area contributed by atoms with E-state index in [1.54, 1.807) is 0 Å². The molecule has 3 heterocycles. The van der Waals surface area contributed by atoms with Crippen LogP contribution in [0.15, 0.2) is 30.9 Å². The molecule has 0 bridgehead atoms. The first-order valence-electron chi connectivity index (χ1n) is 5.56. The zero-order chi connectivity index (χ0) is 15.2. The topological polar surface area (TPSA) is 85.3 Å². The van der Waals surface area contributed by atoms with E-state index >= 15 is 0 Å². The summed E-state index contributed by atoms with van der Waals surface area (Å²) in [5.41, 5.74) is -1.11. The highest BCUT2D eigenvalue weighted by Gasteiger charge is 2.34. The van der Waals surface area contributed by atoms with Crippen LogP contribution in [-0.4, -0.2) is 35.5 Å². The van der Waals surface area contributed by atoms with Crippen molar-refractivity contribution in [2.75, 3.05) is 0 Å². The number of hydrogen-bond donors (Lipinski definition) is 1. The lowest BCUT2D eigenvalue weighted by molar-refractivity contribution is -0.141. The number of rotatable bonds is 2. The minimum atomic E-state index is -4.58. The van der Waals surface area contributed by atoms with E-state index in [4.69, 9.17) is 5.11 Å². The van der Waals surface area contributed by atoms with Gasteiger partial charge in [-0.15, -0.1) is 0 Å². The average molecular weight is 297 g/mol. The fourth-order valence-corrected chi connectivity index (χ4v) is 1.77. The van der Waals surface area contributed by atoms with E-state index in [9.17, 15) is 18.0 Å². The van der Waals surface area contributed by atoms with Crippen molar-refractivity contribution in [2.45, 2.75) is 6.18 Å². The summed E-state index contributed by atoms with van der Waals surface area (Å²) in [7, 11) is 0. The second-order valence-corrected chi connectivity index (χ2v) is 4.09. The number of halogens is 3. The molecule has 3 aromatic heterocycles. The van der Waals surface area contributed by atoms with Gasteiger partial charge in [0.25, 0.3) is 0 Å². The fourth-order valence-electron chi connectivity index (χ4n) is 1.77. The van der Waals surface area contributed by atoms with Crippen molar-refractivity contribution in [3.05, 3.63) is 42.1 Å². The van der Waals surface area contributed by atoms with E-state index in [0.717, 1.165) is 27.7 Å². The molecule has 0 unspecified atom stereocenters. The summed E-state index contributed by atoms with van der Waals surface area (Å²) < 4.78 is 40.1. The van der Waals surface area contributed by atoms with Crippen molar-refractivity contribution in [1.29, 1.82) is 0 Å². The number of carboxylic acids is 1. The predicted octanol–water partition coefficient (Wildman–Crippen LogP) is 1.63. The minimum absolute atomic E-state index is 0.0491. The van der Waals surface area contributed by atoms with Crippen LogP contribution in [0, 0.1) is 0 Å². The summed E-state index contributed by atoms with van der Waals surface area (Å²) in [6, 6.07) is 0.824. The number of aromatic carboxylic acids is 1. The van der Waals surface area contributed by atoms with E-state index in [-0.39, 0.29) is 16.9 Å². The van der Waals surface area contributed by atoms with Gasteiger partial charge in [0, 0.05) is 24.7 Å². The van der Waals surface area contributed by atoms with E-state index in [2.05, 4.69) is 15.2 Å². The van der Waals surface area contributed by atoms with E-state index in [0.29, 0.717) is 0 Å². The molecule has 0 atom stereocenters. The van der Waals surface area contributed by atoms with Crippen molar-refractivity contribution in [3.8, 4) is 5.82 Å². The Kier molecular flexibility index (Phi) is 2.68. The molecule has 0 saturated heterocycles. The van der Waals surface area contributed by atoms with E-state index in [1.165, 1.54) is 12.4 Å². The number of aromatic nitrogens is 5. The first-order valence-corrected chi connectivity index (χ1v) is 5.56. The normalized spacial score (nSPS) is 12.0. The maximum Gasteiger partial charge on any atom is 0.435 e. The highest BCUT2D eigenvalue weighted by Crippen LogP contribution is 2.29. The minimum Gasteiger partial charge on any atom is -0.478 e. The molecular weight excluding hydrogens is 291 g/mol. The molecule has 108 valence electrons.